The molecular formula is C11H17N3O3S. The molecular weight excluding hydrogens is 254 g/mol. The largest absolute Gasteiger partial charge is 0.409 e. The van der Waals surface area contributed by atoms with Gasteiger partial charge in [-0.25, -0.2) is 13.1 Å². The summed E-state index contributed by atoms with van der Waals surface area (Å²) >= 11 is 0. The van der Waals surface area contributed by atoms with Gasteiger partial charge in [-0.1, -0.05) is 11.2 Å². The van der Waals surface area contributed by atoms with Crippen LogP contribution in [0.15, 0.2) is 28.3 Å². The standard InChI is InChI=1S/C11H17N3O3S/c1-7-4-5-10(6-8(7)2)18(16,17)14-9(3)11(12)13-15/h4-6,9,14-15H,1-3H3,(H2,12,13). The fourth-order valence-corrected chi connectivity index (χ4v) is 2.63. The van der Waals surface area contributed by atoms with Crippen LogP contribution in [0.1, 0.15) is 18.1 Å². The molecule has 1 aromatic carbocycles. The van der Waals surface area contributed by atoms with Crippen molar-refractivity contribution in [3.63, 3.8) is 0 Å². The Hall–Kier alpha value is -1.60. The minimum Gasteiger partial charge on any atom is -0.409 e. The SMILES string of the molecule is Cc1ccc(S(=O)(=O)NC(C)/C(N)=N/O)cc1C. The van der Waals surface area contributed by atoms with E-state index in [-0.39, 0.29) is 10.7 Å². The van der Waals surface area contributed by atoms with Gasteiger partial charge in [-0.15, -0.1) is 0 Å². The number of amidine groups is 1. The Labute approximate surface area is 107 Å². The first-order valence-corrected chi connectivity index (χ1v) is 6.83. The summed E-state index contributed by atoms with van der Waals surface area (Å²) in [7, 11) is -3.68. The molecule has 1 unspecified atom stereocenters. The molecule has 0 aliphatic rings. The molecule has 4 N–H and O–H groups in total. The fraction of sp³-hybridized carbons (Fsp3) is 0.364. The molecule has 0 heterocycles. The lowest BCUT2D eigenvalue weighted by Gasteiger charge is -2.13. The van der Waals surface area contributed by atoms with E-state index in [1.54, 1.807) is 12.1 Å². The summed E-state index contributed by atoms with van der Waals surface area (Å²) in [5.41, 5.74) is 7.22. The van der Waals surface area contributed by atoms with Crippen molar-refractivity contribution in [2.75, 3.05) is 0 Å². The minimum absolute atomic E-state index is 0.156. The highest BCUT2D eigenvalue weighted by Crippen LogP contribution is 2.14. The molecule has 1 atom stereocenters. The Morgan fingerprint density at radius 3 is 2.50 bits per heavy atom. The van der Waals surface area contributed by atoms with Crippen LogP contribution in [0, 0.1) is 13.8 Å². The second kappa shape index (κ2) is 5.36. The van der Waals surface area contributed by atoms with Crippen molar-refractivity contribution in [2.45, 2.75) is 31.7 Å². The van der Waals surface area contributed by atoms with Crippen molar-refractivity contribution in [1.29, 1.82) is 0 Å². The molecule has 0 spiro atoms. The van der Waals surface area contributed by atoms with Gasteiger partial charge >= 0.3 is 0 Å². The maximum absolute atomic E-state index is 12.0. The first-order valence-electron chi connectivity index (χ1n) is 5.35. The van der Waals surface area contributed by atoms with Crippen molar-refractivity contribution in [1.82, 2.24) is 4.72 Å². The summed E-state index contributed by atoms with van der Waals surface area (Å²) in [6.07, 6.45) is 0. The maximum Gasteiger partial charge on any atom is 0.241 e. The van der Waals surface area contributed by atoms with Crippen LogP contribution in [0.3, 0.4) is 0 Å². The van der Waals surface area contributed by atoms with Crippen LogP contribution in [0.4, 0.5) is 0 Å². The smallest absolute Gasteiger partial charge is 0.241 e. The van der Waals surface area contributed by atoms with E-state index in [2.05, 4.69) is 9.88 Å². The van der Waals surface area contributed by atoms with Gasteiger partial charge < -0.3 is 10.9 Å². The van der Waals surface area contributed by atoms with Gasteiger partial charge in [0.05, 0.1) is 10.9 Å². The Balaban J connectivity index is 3.03. The topological polar surface area (TPSA) is 105 Å². The van der Waals surface area contributed by atoms with Gasteiger partial charge in [0.15, 0.2) is 5.84 Å². The second-order valence-electron chi connectivity index (χ2n) is 4.11. The molecule has 7 heteroatoms. The Bertz CT molecular complexity index is 567. The van der Waals surface area contributed by atoms with E-state index >= 15 is 0 Å². The lowest BCUT2D eigenvalue weighted by molar-refractivity contribution is 0.316. The lowest BCUT2D eigenvalue weighted by Crippen LogP contribution is -2.42. The molecule has 6 nitrogen and oxygen atoms in total. The van der Waals surface area contributed by atoms with E-state index in [0.717, 1.165) is 11.1 Å². The molecule has 18 heavy (non-hydrogen) atoms. The molecule has 0 amide bonds. The molecule has 0 radical (unpaired) electrons. The van der Waals surface area contributed by atoms with Crippen LogP contribution < -0.4 is 10.5 Å². The molecule has 0 saturated carbocycles. The predicted molar refractivity (Wildman–Crippen MR) is 69.1 cm³/mol. The summed E-state index contributed by atoms with van der Waals surface area (Å²) in [5.74, 6) is -0.192. The zero-order chi connectivity index (χ0) is 13.9. The van der Waals surface area contributed by atoms with E-state index in [0.29, 0.717) is 0 Å². The number of hydrogen-bond acceptors (Lipinski definition) is 4. The fourth-order valence-electron chi connectivity index (χ4n) is 1.33. The van der Waals surface area contributed by atoms with Gasteiger partial charge in [0, 0.05) is 0 Å². The van der Waals surface area contributed by atoms with Crippen molar-refractivity contribution in [3.05, 3.63) is 29.3 Å². The summed E-state index contributed by atoms with van der Waals surface area (Å²) in [6.45, 7) is 5.23. The minimum atomic E-state index is -3.68. The second-order valence-corrected chi connectivity index (χ2v) is 5.83. The van der Waals surface area contributed by atoms with E-state index in [9.17, 15) is 8.42 Å². The third-order valence-corrected chi connectivity index (χ3v) is 4.22. The molecule has 0 bridgehead atoms. The Morgan fingerprint density at radius 1 is 1.39 bits per heavy atom. The number of oxime groups is 1. The van der Waals surface area contributed by atoms with Crippen LogP contribution in [0.25, 0.3) is 0 Å². The molecule has 0 saturated heterocycles. The highest BCUT2D eigenvalue weighted by Gasteiger charge is 2.19. The molecule has 0 aromatic heterocycles. The van der Waals surface area contributed by atoms with Gasteiger partial charge in [0.1, 0.15) is 0 Å². The Kier molecular flexibility index (Phi) is 4.31. The number of hydrogen-bond donors (Lipinski definition) is 3. The highest BCUT2D eigenvalue weighted by atomic mass is 32.2. The van der Waals surface area contributed by atoms with Crippen molar-refractivity contribution < 1.29 is 13.6 Å². The molecule has 100 valence electrons. The monoisotopic (exact) mass is 271 g/mol. The number of nitrogens with zero attached hydrogens (tertiary/aromatic N) is 1. The molecule has 0 aliphatic carbocycles. The molecule has 1 aromatic rings. The van der Waals surface area contributed by atoms with E-state index < -0.39 is 16.1 Å². The number of nitrogens with one attached hydrogen (secondary N) is 1. The number of sulfonamides is 1. The average Bonchev–Trinajstić information content (AvgIpc) is 2.30. The summed E-state index contributed by atoms with van der Waals surface area (Å²) in [6, 6.07) is 4.06. The first-order chi connectivity index (χ1) is 8.27. The van der Waals surface area contributed by atoms with Crippen LogP contribution in [0.2, 0.25) is 0 Å². The molecule has 1 rings (SSSR count). The Morgan fingerprint density at radius 2 is 2.00 bits per heavy atom. The van der Waals surface area contributed by atoms with Crippen LogP contribution in [-0.2, 0) is 10.0 Å². The normalized spacial score (nSPS) is 14.5. The van der Waals surface area contributed by atoms with E-state index in [1.165, 1.54) is 13.0 Å². The highest BCUT2D eigenvalue weighted by molar-refractivity contribution is 7.89. The van der Waals surface area contributed by atoms with Gasteiger partial charge in [-0.05, 0) is 44.0 Å². The van der Waals surface area contributed by atoms with Gasteiger partial charge in [-0.3, -0.25) is 0 Å². The van der Waals surface area contributed by atoms with Crippen LogP contribution in [-0.4, -0.2) is 25.5 Å². The van der Waals surface area contributed by atoms with Gasteiger partial charge in [0.2, 0.25) is 10.0 Å². The number of rotatable bonds is 4. The molecule has 0 aliphatic heterocycles. The number of aryl methyl sites for hydroxylation is 2. The van der Waals surface area contributed by atoms with Crippen LogP contribution in [0.5, 0.6) is 0 Å². The predicted octanol–water partition coefficient (Wildman–Crippen LogP) is 0.717. The zero-order valence-electron chi connectivity index (χ0n) is 10.5. The van der Waals surface area contributed by atoms with Crippen LogP contribution >= 0.6 is 0 Å². The quantitative estimate of drug-likeness (QED) is 0.325. The van der Waals surface area contributed by atoms with Gasteiger partial charge in [0.25, 0.3) is 0 Å². The third-order valence-electron chi connectivity index (χ3n) is 2.68. The van der Waals surface area contributed by atoms with Crippen molar-refractivity contribution >= 4 is 15.9 Å². The molecule has 0 fully saturated rings. The van der Waals surface area contributed by atoms with Gasteiger partial charge in [-0.2, -0.15) is 0 Å². The number of nitrogens with two attached hydrogens (primary N) is 1. The third kappa shape index (κ3) is 3.21. The van der Waals surface area contributed by atoms with Crippen molar-refractivity contribution in [2.24, 2.45) is 10.9 Å². The number of benzene rings is 1. The summed E-state index contributed by atoms with van der Waals surface area (Å²) in [4.78, 5) is 0.156. The van der Waals surface area contributed by atoms with Crippen molar-refractivity contribution in [3.8, 4) is 0 Å². The summed E-state index contributed by atoms with van der Waals surface area (Å²) < 4.78 is 26.4. The zero-order valence-corrected chi connectivity index (χ0v) is 11.3. The first kappa shape index (κ1) is 14.5. The summed E-state index contributed by atoms with van der Waals surface area (Å²) in [5, 5.41) is 11.2. The maximum atomic E-state index is 12.0. The average molecular weight is 271 g/mol. The van der Waals surface area contributed by atoms with E-state index in [1.807, 2.05) is 13.8 Å². The van der Waals surface area contributed by atoms with E-state index in [4.69, 9.17) is 10.9 Å². The lowest BCUT2D eigenvalue weighted by atomic mass is 10.1.